The lowest BCUT2D eigenvalue weighted by atomic mass is 10.1. The number of H-pyrrole nitrogens is 1. The molecule has 0 aliphatic rings. The molecule has 3 rings (SSSR count). The van der Waals surface area contributed by atoms with Crippen molar-refractivity contribution >= 4 is 22.5 Å². The second-order valence-electron chi connectivity index (χ2n) is 4.93. The van der Waals surface area contributed by atoms with Gasteiger partial charge in [0.15, 0.2) is 0 Å². The minimum atomic E-state index is 0.755. The van der Waals surface area contributed by atoms with E-state index in [1.807, 2.05) is 19.2 Å². The number of aryl methyl sites for hydroxylation is 2. The Morgan fingerprint density at radius 3 is 2.65 bits per heavy atom. The SMILES string of the molecule is CCCc1ccc(Nc2nc(C)nc3[nH]ccc23)cc1. The average molecular weight is 266 g/mol. The van der Waals surface area contributed by atoms with Crippen LogP contribution in [0.15, 0.2) is 36.5 Å². The predicted octanol–water partition coefficient (Wildman–Crippen LogP) is 3.96. The lowest BCUT2D eigenvalue weighted by Gasteiger charge is -2.08. The molecule has 0 saturated heterocycles. The van der Waals surface area contributed by atoms with Gasteiger partial charge in [0.05, 0.1) is 5.39 Å². The van der Waals surface area contributed by atoms with E-state index in [0.717, 1.165) is 34.8 Å². The molecule has 0 saturated carbocycles. The van der Waals surface area contributed by atoms with Crippen molar-refractivity contribution in [2.75, 3.05) is 5.32 Å². The number of rotatable bonds is 4. The Labute approximate surface area is 118 Å². The summed E-state index contributed by atoms with van der Waals surface area (Å²) in [4.78, 5) is 12.0. The first kappa shape index (κ1) is 12.7. The van der Waals surface area contributed by atoms with Crippen LogP contribution in [0.2, 0.25) is 0 Å². The van der Waals surface area contributed by atoms with Crippen LogP contribution in [0.5, 0.6) is 0 Å². The smallest absolute Gasteiger partial charge is 0.143 e. The summed E-state index contributed by atoms with van der Waals surface area (Å²) in [5.74, 6) is 1.60. The third-order valence-corrected chi connectivity index (χ3v) is 3.28. The van der Waals surface area contributed by atoms with Crippen molar-refractivity contribution in [3.63, 3.8) is 0 Å². The predicted molar refractivity (Wildman–Crippen MR) is 82.3 cm³/mol. The van der Waals surface area contributed by atoms with E-state index < -0.39 is 0 Å². The highest BCUT2D eigenvalue weighted by Gasteiger charge is 2.06. The monoisotopic (exact) mass is 266 g/mol. The minimum absolute atomic E-state index is 0.755. The largest absolute Gasteiger partial charge is 0.346 e. The number of anilines is 2. The van der Waals surface area contributed by atoms with E-state index in [1.54, 1.807) is 0 Å². The zero-order valence-corrected chi connectivity index (χ0v) is 11.8. The van der Waals surface area contributed by atoms with Gasteiger partial charge in [-0.25, -0.2) is 9.97 Å². The molecule has 0 bridgehead atoms. The molecule has 2 aromatic heterocycles. The van der Waals surface area contributed by atoms with E-state index in [0.29, 0.717) is 0 Å². The summed E-state index contributed by atoms with van der Waals surface area (Å²) >= 11 is 0. The average Bonchev–Trinajstić information content (AvgIpc) is 2.89. The Morgan fingerprint density at radius 1 is 1.10 bits per heavy atom. The molecular formula is C16H18N4. The molecule has 0 amide bonds. The molecule has 4 nitrogen and oxygen atoms in total. The fourth-order valence-electron chi connectivity index (χ4n) is 2.33. The lowest BCUT2D eigenvalue weighted by Crippen LogP contribution is -1.98. The maximum absolute atomic E-state index is 4.49. The van der Waals surface area contributed by atoms with Gasteiger partial charge >= 0.3 is 0 Å². The van der Waals surface area contributed by atoms with Gasteiger partial charge in [-0.3, -0.25) is 0 Å². The number of aromatic nitrogens is 3. The minimum Gasteiger partial charge on any atom is -0.346 e. The molecule has 0 aliphatic carbocycles. The van der Waals surface area contributed by atoms with Crippen LogP contribution in [0.4, 0.5) is 11.5 Å². The zero-order chi connectivity index (χ0) is 13.9. The zero-order valence-electron chi connectivity index (χ0n) is 11.8. The number of hydrogen-bond donors (Lipinski definition) is 2. The standard InChI is InChI=1S/C16H18N4/c1-3-4-12-5-7-13(8-6-12)20-16-14-9-10-17-15(14)18-11(2)19-16/h5-10H,3-4H2,1-2H3,(H2,17,18,19,20). The van der Waals surface area contributed by atoms with Crippen molar-refractivity contribution in [1.82, 2.24) is 15.0 Å². The van der Waals surface area contributed by atoms with Gasteiger partial charge in [-0.2, -0.15) is 0 Å². The first-order valence-corrected chi connectivity index (χ1v) is 6.94. The van der Waals surface area contributed by atoms with Gasteiger partial charge in [-0.05, 0) is 37.1 Å². The van der Waals surface area contributed by atoms with Gasteiger partial charge in [0, 0.05) is 11.9 Å². The third kappa shape index (κ3) is 2.50. The van der Waals surface area contributed by atoms with Crippen LogP contribution in [0.1, 0.15) is 24.7 Å². The summed E-state index contributed by atoms with van der Waals surface area (Å²) in [6, 6.07) is 10.5. The van der Waals surface area contributed by atoms with Gasteiger partial charge < -0.3 is 10.3 Å². The first-order valence-electron chi connectivity index (χ1n) is 6.94. The quantitative estimate of drug-likeness (QED) is 0.751. The number of nitrogens with one attached hydrogen (secondary N) is 2. The molecule has 4 heteroatoms. The Bertz CT molecular complexity index is 713. The molecule has 102 valence electrons. The first-order chi connectivity index (χ1) is 9.76. The van der Waals surface area contributed by atoms with E-state index in [4.69, 9.17) is 0 Å². The summed E-state index contributed by atoms with van der Waals surface area (Å²) in [7, 11) is 0. The number of fused-ring (bicyclic) bond motifs is 1. The van der Waals surface area contributed by atoms with Crippen molar-refractivity contribution < 1.29 is 0 Å². The summed E-state index contributed by atoms with van der Waals surface area (Å²) in [5, 5.41) is 4.38. The summed E-state index contributed by atoms with van der Waals surface area (Å²) in [6.45, 7) is 4.09. The molecule has 0 spiro atoms. The molecule has 20 heavy (non-hydrogen) atoms. The number of nitrogens with zero attached hydrogens (tertiary/aromatic N) is 2. The Hall–Kier alpha value is -2.36. The van der Waals surface area contributed by atoms with Gasteiger partial charge in [-0.15, -0.1) is 0 Å². The molecule has 2 heterocycles. The summed E-state index contributed by atoms with van der Waals surface area (Å²) in [6.07, 6.45) is 4.17. The normalized spacial score (nSPS) is 10.9. The van der Waals surface area contributed by atoms with Crippen molar-refractivity contribution in [2.24, 2.45) is 0 Å². The molecular weight excluding hydrogens is 248 g/mol. The molecule has 0 unspecified atom stereocenters. The molecule has 0 fully saturated rings. The van der Waals surface area contributed by atoms with Gasteiger partial charge in [0.25, 0.3) is 0 Å². The number of benzene rings is 1. The lowest BCUT2D eigenvalue weighted by molar-refractivity contribution is 0.922. The molecule has 2 N–H and O–H groups in total. The van der Waals surface area contributed by atoms with Crippen LogP contribution in [0.25, 0.3) is 11.0 Å². The fraction of sp³-hybridized carbons (Fsp3) is 0.250. The highest BCUT2D eigenvalue weighted by atomic mass is 15.1. The van der Waals surface area contributed by atoms with Crippen molar-refractivity contribution in [1.29, 1.82) is 0 Å². The Morgan fingerprint density at radius 2 is 1.90 bits per heavy atom. The molecule has 0 aliphatic heterocycles. The summed E-state index contributed by atoms with van der Waals surface area (Å²) in [5.41, 5.74) is 3.27. The van der Waals surface area contributed by atoms with E-state index >= 15 is 0 Å². The van der Waals surface area contributed by atoms with Crippen LogP contribution in [-0.4, -0.2) is 15.0 Å². The fourth-order valence-corrected chi connectivity index (χ4v) is 2.33. The van der Waals surface area contributed by atoms with Crippen molar-refractivity contribution in [3.05, 3.63) is 47.9 Å². The van der Waals surface area contributed by atoms with E-state index in [-0.39, 0.29) is 0 Å². The van der Waals surface area contributed by atoms with Crippen LogP contribution in [0.3, 0.4) is 0 Å². The molecule has 3 aromatic rings. The second kappa shape index (κ2) is 5.33. The molecule has 0 radical (unpaired) electrons. The van der Waals surface area contributed by atoms with Gasteiger partial charge in [-0.1, -0.05) is 25.5 Å². The highest BCUT2D eigenvalue weighted by molar-refractivity contribution is 5.88. The third-order valence-electron chi connectivity index (χ3n) is 3.28. The van der Waals surface area contributed by atoms with Crippen LogP contribution < -0.4 is 5.32 Å². The van der Waals surface area contributed by atoms with Gasteiger partial charge in [0.1, 0.15) is 17.3 Å². The number of hydrogen-bond acceptors (Lipinski definition) is 3. The van der Waals surface area contributed by atoms with Gasteiger partial charge in [0.2, 0.25) is 0 Å². The van der Waals surface area contributed by atoms with Crippen LogP contribution in [-0.2, 0) is 6.42 Å². The second-order valence-corrected chi connectivity index (χ2v) is 4.93. The van der Waals surface area contributed by atoms with Crippen LogP contribution >= 0.6 is 0 Å². The maximum Gasteiger partial charge on any atom is 0.143 e. The van der Waals surface area contributed by atoms with E-state index in [9.17, 15) is 0 Å². The van der Waals surface area contributed by atoms with Crippen LogP contribution in [0, 0.1) is 6.92 Å². The van der Waals surface area contributed by atoms with E-state index in [1.165, 1.54) is 12.0 Å². The molecule has 0 atom stereocenters. The Kier molecular flexibility index (Phi) is 3.37. The highest BCUT2D eigenvalue weighted by Crippen LogP contribution is 2.23. The summed E-state index contributed by atoms with van der Waals surface area (Å²) < 4.78 is 0. The van der Waals surface area contributed by atoms with Crippen molar-refractivity contribution in [2.45, 2.75) is 26.7 Å². The van der Waals surface area contributed by atoms with Crippen molar-refractivity contribution in [3.8, 4) is 0 Å². The molecule has 1 aromatic carbocycles. The van der Waals surface area contributed by atoms with E-state index in [2.05, 4.69) is 51.5 Å². The Balaban J connectivity index is 1.90. The number of aromatic amines is 1. The topological polar surface area (TPSA) is 53.6 Å². The maximum atomic E-state index is 4.49.